The fourth-order valence-corrected chi connectivity index (χ4v) is 4.44. The van der Waals surface area contributed by atoms with Gasteiger partial charge >= 0.3 is 6.09 Å². The predicted octanol–water partition coefficient (Wildman–Crippen LogP) is 5.51. The second-order valence-electron chi connectivity index (χ2n) is 7.42. The minimum atomic E-state index is -0.806. The average molecular weight is 446 g/mol. The summed E-state index contributed by atoms with van der Waals surface area (Å²) in [5.41, 5.74) is 6.97. The van der Waals surface area contributed by atoms with E-state index in [0.717, 1.165) is 28.2 Å². The number of nitrogens with two attached hydrogens (primary N) is 1. The number of benzene rings is 2. The third-order valence-electron chi connectivity index (χ3n) is 4.60. The van der Waals surface area contributed by atoms with Crippen molar-refractivity contribution in [1.29, 1.82) is 0 Å². The molecule has 3 rings (SSSR count). The third kappa shape index (κ3) is 6.30. The van der Waals surface area contributed by atoms with Gasteiger partial charge in [0.05, 0.1) is 12.3 Å². The van der Waals surface area contributed by atoms with E-state index in [1.54, 1.807) is 0 Å². The van der Waals surface area contributed by atoms with E-state index >= 15 is 0 Å². The fourth-order valence-electron chi connectivity index (χ4n) is 3.21. The van der Waals surface area contributed by atoms with Crippen molar-refractivity contribution in [2.45, 2.75) is 49.1 Å². The van der Waals surface area contributed by atoms with E-state index in [1.165, 1.54) is 23.9 Å². The lowest BCUT2D eigenvalue weighted by atomic mass is 10.1. The molecule has 0 fully saturated rings. The molecule has 1 heterocycles. The van der Waals surface area contributed by atoms with Crippen LogP contribution >= 0.6 is 11.8 Å². The van der Waals surface area contributed by atoms with Crippen molar-refractivity contribution in [2.75, 3.05) is 6.61 Å². The number of hydrogen-bond acceptors (Lipinski definition) is 4. The van der Waals surface area contributed by atoms with Crippen LogP contribution in [0.1, 0.15) is 43.3 Å². The molecule has 5 nitrogen and oxygen atoms in total. The molecule has 2 aromatic carbocycles. The van der Waals surface area contributed by atoms with Crippen LogP contribution in [0.15, 0.2) is 58.5 Å². The molecule has 0 radical (unpaired) electrons. The highest BCUT2D eigenvalue weighted by molar-refractivity contribution is 7.99. The molecule has 0 saturated carbocycles. The Morgan fingerprint density at radius 3 is 2.45 bits per heavy atom. The molecule has 1 amide bonds. The van der Waals surface area contributed by atoms with E-state index in [1.807, 2.05) is 44.2 Å². The van der Waals surface area contributed by atoms with Gasteiger partial charge in [-0.25, -0.2) is 18.6 Å². The summed E-state index contributed by atoms with van der Waals surface area (Å²) in [5.74, 6) is -0.309. The van der Waals surface area contributed by atoms with E-state index in [2.05, 4.69) is 4.57 Å². The van der Waals surface area contributed by atoms with Gasteiger partial charge in [-0.15, -0.1) is 0 Å². The molecule has 8 heteroatoms. The normalized spacial score (nSPS) is 11.1. The maximum absolute atomic E-state index is 13.8. The first-order chi connectivity index (χ1) is 14.8. The number of primary amides is 1. The lowest BCUT2D eigenvalue weighted by Crippen LogP contribution is -2.14. The van der Waals surface area contributed by atoms with Gasteiger partial charge in [-0.2, -0.15) is 0 Å². The Morgan fingerprint density at radius 2 is 1.84 bits per heavy atom. The predicted molar refractivity (Wildman–Crippen MR) is 116 cm³/mol. The molecule has 1 aromatic heterocycles. The summed E-state index contributed by atoms with van der Waals surface area (Å²) in [4.78, 5) is 16.2. The van der Waals surface area contributed by atoms with Crippen LogP contribution in [0.5, 0.6) is 0 Å². The Hall–Kier alpha value is -2.87. The summed E-state index contributed by atoms with van der Waals surface area (Å²) in [7, 11) is 0. The number of amides is 1. The summed E-state index contributed by atoms with van der Waals surface area (Å²) in [6.07, 6.45) is 0.322. The largest absolute Gasteiger partial charge is 0.450 e. The highest BCUT2D eigenvalue weighted by Crippen LogP contribution is 2.36. The highest BCUT2D eigenvalue weighted by atomic mass is 32.2. The Kier molecular flexibility index (Phi) is 7.68. The molecule has 3 aromatic rings. The topological polar surface area (TPSA) is 70.1 Å². The van der Waals surface area contributed by atoms with Crippen LogP contribution in [0.3, 0.4) is 0 Å². The van der Waals surface area contributed by atoms with Crippen molar-refractivity contribution in [3.8, 4) is 0 Å². The first kappa shape index (κ1) is 22.8. The molecule has 0 unspecified atom stereocenters. The van der Waals surface area contributed by atoms with Gasteiger partial charge in [-0.05, 0) is 30.0 Å². The number of aryl methyl sites for hydroxylation is 1. The molecule has 0 atom stereocenters. The zero-order valence-corrected chi connectivity index (χ0v) is 18.3. The lowest BCUT2D eigenvalue weighted by Gasteiger charge is -2.14. The molecule has 0 saturated heterocycles. The van der Waals surface area contributed by atoms with Crippen LogP contribution in [-0.4, -0.2) is 22.3 Å². The molecule has 0 bridgehead atoms. The van der Waals surface area contributed by atoms with Gasteiger partial charge in [0, 0.05) is 23.9 Å². The Labute approximate surface area is 184 Å². The molecule has 0 aliphatic rings. The Balaban J connectivity index is 1.99. The quantitative estimate of drug-likeness (QED) is 0.441. The molecule has 0 aliphatic heterocycles. The van der Waals surface area contributed by atoms with E-state index in [4.69, 9.17) is 15.5 Å². The first-order valence-corrected chi connectivity index (χ1v) is 10.8. The van der Waals surface area contributed by atoms with Crippen LogP contribution in [0, 0.1) is 11.6 Å². The van der Waals surface area contributed by atoms with Crippen molar-refractivity contribution in [3.05, 3.63) is 77.2 Å². The number of nitrogens with zero attached hydrogens (tertiary/aromatic N) is 2. The van der Waals surface area contributed by atoms with Crippen LogP contribution in [0.4, 0.5) is 13.6 Å². The summed E-state index contributed by atoms with van der Waals surface area (Å²) in [6.45, 7) is 4.83. The van der Waals surface area contributed by atoms with Crippen LogP contribution in [0.25, 0.3) is 0 Å². The maximum Gasteiger partial charge on any atom is 0.404 e. The van der Waals surface area contributed by atoms with Crippen LogP contribution in [-0.2, 0) is 17.7 Å². The molecule has 0 spiro atoms. The minimum Gasteiger partial charge on any atom is -0.450 e. The zero-order valence-electron chi connectivity index (χ0n) is 17.5. The Morgan fingerprint density at radius 1 is 1.16 bits per heavy atom. The van der Waals surface area contributed by atoms with Crippen molar-refractivity contribution in [3.63, 3.8) is 0 Å². The fraction of sp³-hybridized carbons (Fsp3) is 0.304. The molecular weight excluding hydrogens is 420 g/mol. The number of ether oxygens (including phenoxy) is 1. The van der Waals surface area contributed by atoms with Crippen LogP contribution < -0.4 is 5.73 Å². The number of aromatic nitrogens is 2. The number of carbonyl (C=O) groups excluding carboxylic acids is 1. The molecule has 2 N–H and O–H groups in total. The summed E-state index contributed by atoms with van der Waals surface area (Å²) in [5, 5.41) is 0.842. The van der Waals surface area contributed by atoms with Gasteiger partial charge in [0.15, 0.2) is 0 Å². The molecule has 31 heavy (non-hydrogen) atoms. The number of imidazole rings is 1. The van der Waals surface area contributed by atoms with Crippen molar-refractivity contribution >= 4 is 17.9 Å². The molecular formula is C23H25F2N3O2S. The summed E-state index contributed by atoms with van der Waals surface area (Å²) >= 11 is 1.30. The number of halogens is 2. The highest BCUT2D eigenvalue weighted by Gasteiger charge is 2.21. The number of rotatable bonds is 9. The zero-order chi connectivity index (χ0) is 22.4. The second-order valence-corrected chi connectivity index (χ2v) is 8.49. The van der Waals surface area contributed by atoms with Gasteiger partial charge in [0.1, 0.15) is 22.5 Å². The van der Waals surface area contributed by atoms with E-state index in [9.17, 15) is 13.6 Å². The van der Waals surface area contributed by atoms with Gasteiger partial charge in [0.25, 0.3) is 0 Å². The van der Waals surface area contributed by atoms with Crippen molar-refractivity contribution in [2.24, 2.45) is 5.73 Å². The van der Waals surface area contributed by atoms with Gasteiger partial charge in [0.2, 0.25) is 0 Å². The van der Waals surface area contributed by atoms with Gasteiger partial charge < -0.3 is 15.0 Å². The van der Waals surface area contributed by atoms with Crippen LogP contribution in [0.2, 0.25) is 0 Å². The maximum atomic E-state index is 13.8. The van der Waals surface area contributed by atoms with Gasteiger partial charge in [-0.3, -0.25) is 0 Å². The van der Waals surface area contributed by atoms with Crippen molar-refractivity contribution < 1.29 is 18.3 Å². The monoisotopic (exact) mass is 445 g/mol. The third-order valence-corrected chi connectivity index (χ3v) is 5.69. The lowest BCUT2D eigenvalue weighted by molar-refractivity contribution is 0.155. The SMILES string of the molecule is CC(C)c1nc(CCCOC(N)=O)n(Cc2ccccc2)c1Sc1cc(F)cc(F)c1. The molecule has 0 aliphatic carbocycles. The second kappa shape index (κ2) is 10.4. The minimum absolute atomic E-state index is 0.110. The Bertz CT molecular complexity index is 1020. The number of hydrogen-bond donors (Lipinski definition) is 1. The summed E-state index contributed by atoms with van der Waals surface area (Å²) in [6, 6.07) is 13.4. The molecule has 164 valence electrons. The van der Waals surface area contributed by atoms with E-state index < -0.39 is 17.7 Å². The average Bonchev–Trinajstić information content (AvgIpc) is 3.02. The summed E-state index contributed by atoms with van der Waals surface area (Å²) < 4.78 is 34.5. The smallest absolute Gasteiger partial charge is 0.404 e. The first-order valence-electron chi connectivity index (χ1n) is 10.0. The van der Waals surface area contributed by atoms with E-state index in [-0.39, 0.29) is 12.5 Å². The van der Waals surface area contributed by atoms with Crippen molar-refractivity contribution in [1.82, 2.24) is 9.55 Å². The van der Waals surface area contributed by atoms with E-state index in [0.29, 0.717) is 24.3 Å². The number of carbonyl (C=O) groups is 1. The van der Waals surface area contributed by atoms with Gasteiger partial charge in [-0.1, -0.05) is 55.9 Å². The standard InChI is InChI=1S/C23H25F2N3O2S/c1-15(2)21-22(31-19-12-17(24)11-18(25)13-19)28(14-16-7-4-3-5-8-16)20(27-21)9-6-10-30-23(26)29/h3-5,7-8,11-13,15H,6,9-10,14H2,1-2H3,(H2,26,29).